The van der Waals surface area contributed by atoms with Crippen LogP contribution in [0.2, 0.25) is 5.02 Å². The maximum Gasteiger partial charge on any atom is 0.228 e. The summed E-state index contributed by atoms with van der Waals surface area (Å²) in [7, 11) is 0. The molecule has 2 fully saturated rings. The Bertz CT molecular complexity index is 1360. The molecule has 10 heteroatoms. The van der Waals surface area contributed by atoms with Crippen LogP contribution in [-0.2, 0) is 4.74 Å². The van der Waals surface area contributed by atoms with E-state index >= 15 is 0 Å². The number of rotatable bonds is 4. The average Bonchev–Trinajstić information content (AvgIpc) is 3.54. The number of aryl methyl sites for hydroxylation is 1. The molecule has 168 valence electrons. The Morgan fingerprint density at radius 2 is 2.03 bits per heavy atom. The second-order valence-electron chi connectivity index (χ2n) is 8.47. The fourth-order valence-electron chi connectivity index (χ4n) is 4.08. The summed E-state index contributed by atoms with van der Waals surface area (Å²) in [6.45, 7) is 3.54. The average molecular weight is 466 g/mol. The van der Waals surface area contributed by atoms with Crippen molar-refractivity contribution >= 4 is 28.7 Å². The molecule has 4 heterocycles. The second-order valence-corrected chi connectivity index (χ2v) is 8.91. The van der Waals surface area contributed by atoms with E-state index in [9.17, 15) is 4.39 Å². The molecule has 1 aromatic carbocycles. The van der Waals surface area contributed by atoms with Gasteiger partial charge in [0.05, 0.1) is 31.1 Å². The lowest BCUT2D eigenvalue weighted by atomic mass is 10.1. The van der Waals surface area contributed by atoms with Gasteiger partial charge >= 0.3 is 0 Å². The quantitative estimate of drug-likeness (QED) is 0.444. The maximum atomic E-state index is 14.8. The first-order valence-electron chi connectivity index (χ1n) is 10.9. The molecule has 0 spiro atoms. The van der Waals surface area contributed by atoms with Gasteiger partial charge in [0.25, 0.3) is 0 Å². The number of halogens is 2. The monoisotopic (exact) mass is 465 g/mol. The zero-order valence-corrected chi connectivity index (χ0v) is 18.7. The van der Waals surface area contributed by atoms with Crippen LogP contribution in [0.15, 0.2) is 36.8 Å². The lowest BCUT2D eigenvalue weighted by Gasteiger charge is -2.32. The van der Waals surface area contributed by atoms with Gasteiger partial charge in [-0.25, -0.2) is 19.3 Å². The highest BCUT2D eigenvalue weighted by molar-refractivity contribution is 6.30. The molecular formula is C23H21ClFN7O. The number of fused-ring (bicyclic) bond motifs is 1. The van der Waals surface area contributed by atoms with Gasteiger partial charge in [-0.3, -0.25) is 4.68 Å². The topological polar surface area (TPSA) is 81.9 Å². The van der Waals surface area contributed by atoms with Gasteiger partial charge in [0.1, 0.15) is 23.1 Å². The van der Waals surface area contributed by atoms with Crippen molar-refractivity contribution in [1.82, 2.24) is 29.7 Å². The van der Waals surface area contributed by atoms with Crippen LogP contribution in [0.25, 0.3) is 22.4 Å². The van der Waals surface area contributed by atoms with E-state index in [1.807, 2.05) is 22.7 Å². The number of hydrogen-bond acceptors (Lipinski definition) is 7. The van der Waals surface area contributed by atoms with Gasteiger partial charge in [0, 0.05) is 35.1 Å². The molecule has 6 rings (SSSR count). The Morgan fingerprint density at radius 1 is 1.15 bits per heavy atom. The van der Waals surface area contributed by atoms with Crippen molar-refractivity contribution in [2.24, 2.45) is 0 Å². The number of ether oxygens (including phenoxy) is 1. The van der Waals surface area contributed by atoms with Crippen LogP contribution < -0.4 is 4.90 Å². The Kier molecular flexibility index (Phi) is 4.95. The third-order valence-electron chi connectivity index (χ3n) is 5.97. The molecule has 0 bridgehead atoms. The highest BCUT2D eigenvalue weighted by Crippen LogP contribution is 2.36. The molecule has 1 saturated carbocycles. The normalized spacial score (nSPS) is 18.8. The maximum absolute atomic E-state index is 14.8. The summed E-state index contributed by atoms with van der Waals surface area (Å²) >= 11 is 5.97. The van der Waals surface area contributed by atoms with Gasteiger partial charge in [-0.2, -0.15) is 10.1 Å². The standard InChI is InChI=1S/C23H21ClFN7O/c1-13-9-26-21-20(17-5-2-15(24)8-18(17)25)29-23(30-22(21)28-13)31-6-7-33-19(12-31)14-10-27-32(11-14)16-3-4-16/h2,5,8-11,16,19H,3-4,6-7,12H2,1H3. The van der Waals surface area contributed by atoms with Crippen LogP contribution in [0.3, 0.4) is 0 Å². The van der Waals surface area contributed by atoms with Gasteiger partial charge in [-0.15, -0.1) is 0 Å². The Morgan fingerprint density at radius 3 is 2.85 bits per heavy atom. The van der Waals surface area contributed by atoms with E-state index in [4.69, 9.17) is 21.3 Å². The predicted octanol–water partition coefficient (Wildman–Crippen LogP) is 4.30. The van der Waals surface area contributed by atoms with E-state index in [-0.39, 0.29) is 6.10 Å². The largest absolute Gasteiger partial charge is 0.370 e. The summed E-state index contributed by atoms with van der Waals surface area (Å²) in [5.41, 5.74) is 3.33. The van der Waals surface area contributed by atoms with Crippen molar-refractivity contribution in [3.05, 3.63) is 58.9 Å². The first kappa shape index (κ1) is 20.4. The Hall–Kier alpha value is -3.17. The van der Waals surface area contributed by atoms with E-state index in [0.29, 0.717) is 59.1 Å². The van der Waals surface area contributed by atoms with Crippen molar-refractivity contribution < 1.29 is 9.13 Å². The minimum absolute atomic E-state index is 0.148. The van der Waals surface area contributed by atoms with Crippen LogP contribution in [-0.4, -0.2) is 49.4 Å². The molecule has 4 aromatic rings. The highest BCUT2D eigenvalue weighted by Gasteiger charge is 2.29. The van der Waals surface area contributed by atoms with Gasteiger partial charge in [-0.1, -0.05) is 11.6 Å². The molecular weight excluding hydrogens is 445 g/mol. The fraction of sp³-hybridized carbons (Fsp3) is 0.348. The van der Waals surface area contributed by atoms with Crippen LogP contribution in [0, 0.1) is 12.7 Å². The third kappa shape index (κ3) is 3.91. The smallest absolute Gasteiger partial charge is 0.228 e. The number of nitrogens with zero attached hydrogens (tertiary/aromatic N) is 7. The molecule has 33 heavy (non-hydrogen) atoms. The number of benzene rings is 1. The van der Waals surface area contributed by atoms with Crippen LogP contribution >= 0.6 is 11.6 Å². The minimum Gasteiger partial charge on any atom is -0.370 e. The Labute approximate surface area is 194 Å². The molecule has 1 unspecified atom stereocenters. The summed E-state index contributed by atoms with van der Waals surface area (Å²) in [6, 6.07) is 5.03. The fourth-order valence-corrected chi connectivity index (χ4v) is 4.24. The number of anilines is 1. The summed E-state index contributed by atoms with van der Waals surface area (Å²) in [5, 5.41) is 4.81. The van der Waals surface area contributed by atoms with E-state index in [0.717, 1.165) is 11.3 Å². The molecule has 3 aromatic heterocycles. The predicted molar refractivity (Wildman–Crippen MR) is 122 cm³/mol. The van der Waals surface area contributed by atoms with Crippen molar-refractivity contribution in [3.63, 3.8) is 0 Å². The van der Waals surface area contributed by atoms with E-state index in [1.165, 1.54) is 18.9 Å². The van der Waals surface area contributed by atoms with E-state index in [1.54, 1.807) is 18.3 Å². The van der Waals surface area contributed by atoms with Gasteiger partial charge in [0.2, 0.25) is 5.95 Å². The van der Waals surface area contributed by atoms with E-state index < -0.39 is 5.82 Å². The lowest BCUT2D eigenvalue weighted by Crippen LogP contribution is -2.39. The zero-order valence-electron chi connectivity index (χ0n) is 17.9. The van der Waals surface area contributed by atoms with Crippen LogP contribution in [0.5, 0.6) is 0 Å². The summed E-state index contributed by atoms with van der Waals surface area (Å²) in [5.74, 6) is -0.00203. The second kappa shape index (κ2) is 8.00. The number of morpholine rings is 1. The SMILES string of the molecule is Cc1cnc2c(-c3ccc(Cl)cc3F)nc(N3CCOC(c4cnn(C5CC5)c4)C3)nc2n1. The van der Waals surface area contributed by atoms with Gasteiger partial charge in [-0.05, 0) is 38.0 Å². The molecule has 2 aliphatic rings. The van der Waals surface area contributed by atoms with E-state index in [2.05, 4.69) is 26.2 Å². The van der Waals surface area contributed by atoms with Gasteiger partial charge < -0.3 is 9.64 Å². The van der Waals surface area contributed by atoms with Gasteiger partial charge in [0.15, 0.2) is 5.65 Å². The first-order valence-corrected chi connectivity index (χ1v) is 11.3. The molecule has 1 atom stereocenters. The van der Waals surface area contributed by atoms with Crippen LogP contribution in [0.4, 0.5) is 10.3 Å². The first-order chi connectivity index (χ1) is 16.0. The van der Waals surface area contributed by atoms with Crippen LogP contribution in [0.1, 0.15) is 36.2 Å². The molecule has 0 N–H and O–H groups in total. The lowest BCUT2D eigenvalue weighted by molar-refractivity contribution is 0.0392. The molecule has 1 aliphatic carbocycles. The number of aromatic nitrogens is 6. The molecule has 1 aliphatic heterocycles. The Balaban J connectivity index is 1.39. The molecule has 1 saturated heterocycles. The third-order valence-corrected chi connectivity index (χ3v) is 6.20. The molecule has 0 radical (unpaired) electrons. The van der Waals surface area contributed by atoms with Crippen molar-refractivity contribution in [3.8, 4) is 11.3 Å². The van der Waals surface area contributed by atoms with Crippen molar-refractivity contribution in [1.29, 1.82) is 0 Å². The highest BCUT2D eigenvalue weighted by atomic mass is 35.5. The number of hydrogen-bond donors (Lipinski definition) is 0. The van der Waals surface area contributed by atoms with Crippen molar-refractivity contribution in [2.75, 3.05) is 24.6 Å². The molecule has 8 nitrogen and oxygen atoms in total. The minimum atomic E-state index is -0.469. The van der Waals surface area contributed by atoms with Crippen molar-refractivity contribution in [2.45, 2.75) is 31.9 Å². The molecule has 0 amide bonds. The summed E-state index contributed by atoms with van der Waals surface area (Å²) in [4.78, 5) is 20.5. The zero-order chi connectivity index (χ0) is 22.5. The summed E-state index contributed by atoms with van der Waals surface area (Å²) < 4.78 is 22.9. The summed E-state index contributed by atoms with van der Waals surface area (Å²) in [6.07, 6.45) is 7.77.